The molecule has 1 amide bonds. The molecule has 0 aromatic heterocycles. The number of benzene rings is 2. The van der Waals surface area contributed by atoms with Crippen molar-refractivity contribution in [3.63, 3.8) is 0 Å². The van der Waals surface area contributed by atoms with E-state index in [2.05, 4.69) is 10.6 Å². The van der Waals surface area contributed by atoms with Gasteiger partial charge in [-0.05, 0) is 43.2 Å². The van der Waals surface area contributed by atoms with Crippen molar-refractivity contribution in [3.8, 4) is 0 Å². The van der Waals surface area contributed by atoms with Crippen LogP contribution in [0, 0.1) is 31.3 Å². The quantitative estimate of drug-likeness (QED) is 0.844. The maximum absolute atomic E-state index is 13.4. The lowest BCUT2D eigenvalue weighted by atomic mass is 10.1. The van der Waals surface area contributed by atoms with Gasteiger partial charge >= 0.3 is 0 Å². The molecule has 0 heterocycles. The SMILES string of the molecule is Cc1ccc(C)c(NC(=O)CNc2ccc(F)c(F)c2F)c1. The van der Waals surface area contributed by atoms with Crippen molar-refractivity contribution in [1.29, 1.82) is 0 Å². The normalized spacial score (nSPS) is 10.4. The summed E-state index contributed by atoms with van der Waals surface area (Å²) in [5.74, 6) is -4.61. The molecule has 0 bridgehead atoms. The van der Waals surface area contributed by atoms with Gasteiger partial charge in [-0.15, -0.1) is 0 Å². The minimum absolute atomic E-state index is 0.268. The number of rotatable bonds is 4. The molecule has 2 rings (SSSR count). The Balaban J connectivity index is 2.02. The first kappa shape index (κ1) is 15.9. The van der Waals surface area contributed by atoms with Crippen molar-refractivity contribution in [2.24, 2.45) is 0 Å². The fraction of sp³-hybridized carbons (Fsp3) is 0.188. The summed E-state index contributed by atoms with van der Waals surface area (Å²) in [4.78, 5) is 11.8. The Morgan fingerprint density at radius 1 is 1.00 bits per heavy atom. The number of carbonyl (C=O) groups is 1. The van der Waals surface area contributed by atoms with Crippen molar-refractivity contribution in [2.75, 3.05) is 17.2 Å². The molecule has 2 aromatic rings. The van der Waals surface area contributed by atoms with Gasteiger partial charge in [0.25, 0.3) is 0 Å². The molecule has 0 aliphatic carbocycles. The third kappa shape index (κ3) is 3.58. The van der Waals surface area contributed by atoms with E-state index in [0.717, 1.165) is 23.3 Å². The summed E-state index contributed by atoms with van der Waals surface area (Å²) in [6.45, 7) is 3.47. The Bertz CT molecular complexity index is 717. The highest BCUT2D eigenvalue weighted by atomic mass is 19.2. The van der Waals surface area contributed by atoms with E-state index in [-0.39, 0.29) is 12.2 Å². The van der Waals surface area contributed by atoms with Crippen molar-refractivity contribution in [2.45, 2.75) is 13.8 Å². The number of anilines is 2. The summed E-state index contributed by atoms with van der Waals surface area (Å²) in [6, 6.07) is 7.43. The van der Waals surface area contributed by atoms with Gasteiger partial charge in [-0.2, -0.15) is 0 Å². The van der Waals surface area contributed by atoms with Gasteiger partial charge in [-0.3, -0.25) is 4.79 Å². The molecule has 0 spiro atoms. The third-order valence-electron chi connectivity index (χ3n) is 3.14. The van der Waals surface area contributed by atoms with Crippen molar-refractivity contribution in [3.05, 3.63) is 58.9 Å². The standard InChI is InChI=1S/C16H15F3N2O/c1-9-3-4-10(2)13(7-9)21-14(22)8-20-12-6-5-11(17)15(18)16(12)19/h3-7,20H,8H2,1-2H3,(H,21,22). The number of amides is 1. The summed E-state index contributed by atoms with van der Waals surface area (Å²) >= 11 is 0. The summed E-state index contributed by atoms with van der Waals surface area (Å²) in [6.07, 6.45) is 0. The molecule has 3 nitrogen and oxygen atoms in total. The van der Waals surface area contributed by atoms with Gasteiger partial charge < -0.3 is 10.6 Å². The lowest BCUT2D eigenvalue weighted by molar-refractivity contribution is -0.114. The highest BCUT2D eigenvalue weighted by molar-refractivity contribution is 5.94. The molecular weight excluding hydrogens is 293 g/mol. The molecule has 0 atom stereocenters. The predicted octanol–water partition coefficient (Wildman–Crippen LogP) is 3.77. The molecule has 0 aliphatic heterocycles. The molecule has 0 fully saturated rings. The van der Waals surface area contributed by atoms with Crippen LogP contribution >= 0.6 is 0 Å². The van der Waals surface area contributed by atoms with Gasteiger partial charge in [0.1, 0.15) is 0 Å². The van der Waals surface area contributed by atoms with Crippen molar-refractivity contribution in [1.82, 2.24) is 0 Å². The largest absolute Gasteiger partial charge is 0.374 e. The first-order chi connectivity index (χ1) is 10.4. The molecule has 0 aliphatic rings. The zero-order valence-electron chi connectivity index (χ0n) is 12.1. The number of hydrogen-bond acceptors (Lipinski definition) is 2. The Morgan fingerprint density at radius 3 is 2.45 bits per heavy atom. The van der Waals surface area contributed by atoms with E-state index >= 15 is 0 Å². The van der Waals surface area contributed by atoms with Gasteiger partial charge in [0.2, 0.25) is 5.91 Å². The zero-order valence-corrected chi connectivity index (χ0v) is 12.1. The lowest BCUT2D eigenvalue weighted by Gasteiger charge is -2.11. The number of nitrogens with one attached hydrogen (secondary N) is 2. The second-order valence-electron chi connectivity index (χ2n) is 4.94. The first-order valence-corrected chi connectivity index (χ1v) is 6.63. The summed E-state index contributed by atoms with van der Waals surface area (Å²) in [5.41, 5.74) is 2.26. The van der Waals surface area contributed by atoms with E-state index < -0.39 is 23.4 Å². The number of halogens is 3. The van der Waals surface area contributed by atoms with Gasteiger partial charge in [-0.25, -0.2) is 13.2 Å². The van der Waals surface area contributed by atoms with Gasteiger partial charge in [0, 0.05) is 5.69 Å². The second-order valence-corrected chi connectivity index (χ2v) is 4.94. The molecule has 0 unspecified atom stereocenters. The van der Waals surface area contributed by atoms with E-state index in [4.69, 9.17) is 0 Å². The number of aryl methyl sites for hydroxylation is 2. The fourth-order valence-corrected chi connectivity index (χ4v) is 1.90. The highest BCUT2D eigenvalue weighted by Gasteiger charge is 2.14. The maximum atomic E-state index is 13.4. The van der Waals surface area contributed by atoms with Crippen LogP contribution in [-0.4, -0.2) is 12.5 Å². The van der Waals surface area contributed by atoms with Crippen LogP contribution in [0.25, 0.3) is 0 Å². The Hall–Kier alpha value is -2.50. The predicted molar refractivity (Wildman–Crippen MR) is 79.4 cm³/mol. The molecular formula is C16H15F3N2O. The summed E-state index contributed by atoms with van der Waals surface area (Å²) < 4.78 is 39.3. The highest BCUT2D eigenvalue weighted by Crippen LogP contribution is 2.20. The monoisotopic (exact) mass is 308 g/mol. The number of carbonyl (C=O) groups excluding carboxylic acids is 1. The van der Waals surface area contributed by atoms with E-state index in [0.29, 0.717) is 5.69 Å². The average Bonchev–Trinajstić information content (AvgIpc) is 2.48. The van der Waals surface area contributed by atoms with E-state index in [9.17, 15) is 18.0 Å². The third-order valence-corrected chi connectivity index (χ3v) is 3.14. The number of hydrogen-bond donors (Lipinski definition) is 2. The van der Waals surface area contributed by atoms with E-state index in [1.807, 2.05) is 32.0 Å². The van der Waals surface area contributed by atoms with Crippen LogP contribution < -0.4 is 10.6 Å². The molecule has 6 heteroatoms. The maximum Gasteiger partial charge on any atom is 0.243 e. The minimum atomic E-state index is -1.57. The fourth-order valence-electron chi connectivity index (χ4n) is 1.90. The second kappa shape index (κ2) is 6.51. The van der Waals surface area contributed by atoms with E-state index in [1.165, 1.54) is 0 Å². The van der Waals surface area contributed by atoms with Crippen LogP contribution in [-0.2, 0) is 4.79 Å². The molecule has 0 radical (unpaired) electrons. The minimum Gasteiger partial charge on any atom is -0.374 e. The van der Waals surface area contributed by atoms with Gasteiger partial charge in [-0.1, -0.05) is 12.1 Å². The van der Waals surface area contributed by atoms with Crippen LogP contribution in [0.2, 0.25) is 0 Å². The summed E-state index contributed by atoms with van der Waals surface area (Å²) in [5, 5.41) is 5.12. The Kier molecular flexibility index (Phi) is 4.70. The molecule has 22 heavy (non-hydrogen) atoms. The van der Waals surface area contributed by atoms with E-state index in [1.54, 1.807) is 0 Å². The Morgan fingerprint density at radius 2 is 1.73 bits per heavy atom. The topological polar surface area (TPSA) is 41.1 Å². The van der Waals surface area contributed by atoms with Crippen molar-refractivity contribution < 1.29 is 18.0 Å². The molecule has 116 valence electrons. The van der Waals surface area contributed by atoms with Crippen LogP contribution in [0.4, 0.5) is 24.5 Å². The molecule has 0 saturated carbocycles. The van der Waals surface area contributed by atoms with Gasteiger partial charge in [0.05, 0.1) is 12.2 Å². The van der Waals surface area contributed by atoms with Crippen LogP contribution in [0.5, 0.6) is 0 Å². The van der Waals surface area contributed by atoms with Crippen LogP contribution in [0.15, 0.2) is 30.3 Å². The Labute approximate surface area is 126 Å². The molecule has 0 saturated heterocycles. The molecule has 2 N–H and O–H groups in total. The lowest BCUT2D eigenvalue weighted by Crippen LogP contribution is -2.22. The first-order valence-electron chi connectivity index (χ1n) is 6.63. The van der Waals surface area contributed by atoms with Crippen molar-refractivity contribution >= 4 is 17.3 Å². The smallest absolute Gasteiger partial charge is 0.243 e. The van der Waals surface area contributed by atoms with Crippen LogP contribution in [0.1, 0.15) is 11.1 Å². The van der Waals surface area contributed by atoms with Crippen LogP contribution in [0.3, 0.4) is 0 Å². The van der Waals surface area contributed by atoms with Gasteiger partial charge in [0.15, 0.2) is 17.5 Å². The molecule has 2 aromatic carbocycles. The average molecular weight is 308 g/mol. The summed E-state index contributed by atoms with van der Waals surface area (Å²) in [7, 11) is 0. The zero-order chi connectivity index (χ0) is 16.3.